The third-order valence-electron chi connectivity index (χ3n) is 7.08. The standard InChI is InChI=1S/C24H28N6O3S.2ClH/c31-22-2-1-19-24-29(23(32)14-27-19)8-5-18(30(22)24)15-28-6-3-16(4-7-28)25-12-17-11-21-20(13-26-17)33-9-10-34-21;;/h1-2,11,13-14,16,18,25H,3-10,12,15H2;2*1H/t18-;;/m0../s1. The van der Waals surface area contributed by atoms with E-state index in [0.29, 0.717) is 23.8 Å². The summed E-state index contributed by atoms with van der Waals surface area (Å²) in [6.45, 7) is 4.93. The lowest BCUT2D eigenvalue weighted by Crippen LogP contribution is -2.46. The van der Waals surface area contributed by atoms with Gasteiger partial charge in [-0.1, -0.05) is 0 Å². The van der Waals surface area contributed by atoms with Crippen LogP contribution in [0.25, 0.3) is 11.2 Å². The molecule has 194 valence electrons. The molecule has 3 aromatic heterocycles. The fourth-order valence-corrected chi connectivity index (χ4v) is 6.16. The summed E-state index contributed by atoms with van der Waals surface area (Å²) < 4.78 is 9.13. The number of pyridine rings is 2. The minimum absolute atomic E-state index is 0. The fourth-order valence-electron chi connectivity index (χ4n) is 5.30. The van der Waals surface area contributed by atoms with E-state index in [4.69, 9.17) is 4.74 Å². The van der Waals surface area contributed by atoms with Crippen molar-refractivity contribution in [1.82, 2.24) is 29.3 Å². The van der Waals surface area contributed by atoms with Gasteiger partial charge >= 0.3 is 0 Å². The zero-order valence-electron chi connectivity index (χ0n) is 19.8. The lowest BCUT2D eigenvalue weighted by atomic mass is 10.0. The summed E-state index contributed by atoms with van der Waals surface area (Å²) >= 11 is 1.83. The molecule has 0 saturated carbocycles. The highest BCUT2D eigenvalue weighted by Crippen LogP contribution is 2.32. The van der Waals surface area contributed by atoms with Crippen LogP contribution in [0.5, 0.6) is 5.75 Å². The molecule has 0 bridgehead atoms. The normalized spacial score (nSPS) is 19.6. The van der Waals surface area contributed by atoms with E-state index >= 15 is 0 Å². The van der Waals surface area contributed by atoms with Crippen molar-refractivity contribution in [2.45, 2.75) is 49.3 Å². The number of ether oxygens (including phenoxy) is 1. The van der Waals surface area contributed by atoms with E-state index in [-0.39, 0.29) is 42.0 Å². The van der Waals surface area contributed by atoms with E-state index in [1.54, 1.807) is 21.3 Å². The van der Waals surface area contributed by atoms with Crippen LogP contribution < -0.4 is 21.2 Å². The van der Waals surface area contributed by atoms with Gasteiger partial charge in [-0.2, -0.15) is 0 Å². The maximum atomic E-state index is 12.8. The molecular formula is C24H30Cl2N6O3S. The van der Waals surface area contributed by atoms with Crippen molar-refractivity contribution < 1.29 is 4.74 Å². The Balaban J connectivity index is 0.00000152. The molecule has 3 aliphatic heterocycles. The molecule has 0 spiro atoms. The number of piperidine rings is 1. The van der Waals surface area contributed by atoms with Crippen LogP contribution in [0, 0.1) is 0 Å². The second-order valence-electron chi connectivity index (χ2n) is 9.22. The van der Waals surface area contributed by atoms with E-state index in [1.807, 2.05) is 18.0 Å². The van der Waals surface area contributed by atoms with Gasteiger partial charge in [0.1, 0.15) is 11.2 Å². The summed E-state index contributed by atoms with van der Waals surface area (Å²) in [5, 5.41) is 3.67. The summed E-state index contributed by atoms with van der Waals surface area (Å²) in [5.74, 6) is 1.89. The molecule has 0 aromatic carbocycles. The monoisotopic (exact) mass is 552 g/mol. The SMILES string of the molecule is Cl.Cl.O=c1cnc2ccc(=O)n3c2n1CC[C@H]3CN1CCC(NCc2cc3c(cn2)OCCS3)CC1. The van der Waals surface area contributed by atoms with Gasteiger partial charge in [0, 0.05) is 37.5 Å². The van der Waals surface area contributed by atoms with Gasteiger partial charge < -0.3 is 15.0 Å². The van der Waals surface area contributed by atoms with Gasteiger partial charge in [0.2, 0.25) is 0 Å². The highest BCUT2D eigenvalue weighted by atomic mass is 35.5. The largest absolute Gasteiger partial charge is 0.490 e. The quantitative estimate of drug-likeness (QED) is 0.515. The maximum Gasteiger partial charge on any atom is 0.270 e. The molecule has 6 rings (SSSR count). The van der Waals surface area contributed by atoms with Crippen molar-refractivity contribution in [1.29, 1.82) is 0 Å². The number of hydrogen-bond acceptors (Lipinski definition) is 8. The van der Waals surface area contributed by atoms with Crippen LogP contribution in [0.4, 0.5) is 0 Å². The Morgan fingerprint density at radius 1 is 1.03 bits per heavy atom. The Kier molecular flexibility index (Phi) is 8.62. The van der Waals surface area contributed by atoms with E-state index in [0.717, 1.165) is 69.2 Å². The van der Waals surface area contributed by atoms with Crippen molar-refractivity contribution >= 4 is 47.7 Å². The van der Waals surface area contributed by atoms with E-state index < -0.39 is 0 Å². The average molecular weight is 554 g/mol. The smallest absolute Gasteiger partial charge is 0.270 e. The molecule has 0 radical (unpaired) electrons. The highest BCUT2D eigenvalue weighted by Gasteiger charge is 2.27. The molecule has 3 aromatic rings. The van der Waals surface area contributed by atoms with Gasteiger partial charge in [-0.05, 0) is 44.5 Å². The molecule has 9 nitrogen and oxygen atoms in total. The number of aryl methyl sites for hydroxylation is 1. The number of nitrogens with zero attached hydrogens (tertiary/aromatic N) is 5. The first kappa shape index (κ1) is 26.9. The van der Waals surface area contributed by atoms with Crippen molar-refractivity contribution in [2.75, 3.05) is 32.0 Å². The van der Waals surface area contributed by atoms with Crippen LogP contribution in [0.15, 0.2) is 45.1 Å². The molecule has 0 amide bonds. The third kappa shape index (κ3) is 5.28. The van der Waals surface area contributed by atoms with Gasteiger partial charge in [-0.3, -0.25) is 23.7 Å². The van der Waals surface area contributed by atoms with Crippen LogP contribution in [0.3, 0.4) is 0 Å². The van der Waals surface area contributed by atoms with Crippen molar-refractivity contribution in [3.05, 3.63) is 57.0 Å². The first-order valence-electron chi connectivity index (χ1n) is 12.0. The van der Waals surface area contributed by atoms with Crippen LogP contribution in [-0.2, 0) is 13.1 Å². The number of thioether (sulfide) groups is 1. The van der Waals surface area contributed by atoms with Crippen LogP contribution in [0.2, 0.25) is 0 Å². The lowest BCUT2D eigenvalue weighted by Gasteiger charge is -2.36. The number of nitrogens with one attached hydrogen (secondary N) is 1. The average Bonchev–Trinajstić information content (AvgIpc) is 2.87. The molecule has 12 heteroatoms. The van der Waals surface area contributed by atoms with Crippen LogP contribution in [0.1, 0.15) is 31.0 Å². The minimum Gasteiger partial charge on any atom is -0.490 e. The number of likely N-dealkylation sites (tertiary alicyclic amines) is 1. The van der Waals surface area contributed by atoms with Gasteiger partial charge in [-0.25, -0.2) is 4.98 Å². The molecule has 1 N–H and O–H groups in total. The number of rotatable bonds is 5. The van der Waals surface area contributed by atoms with Gasteiger partial charge in [0.15, 0.2) is 5.75 Å². The van der Waals surface area contributed by atoms with E-state index in [1.165, 1.54) is 11.1 Å². The molecule has 1 fully saturated rings. The zero-order valence-corrected chi connectivity index (χ0v) is 22.2. The molecule has 1 atom stereocenters. The first-order valence-corrected chi connectivity index (χ1v) is 13.0. The number of halogens is 2. The highest BCUT2D eigenvalue weighted by molar-refractivity contribution is 7.99. The van der Waals surface area contributed by atoms with Crippen molar-refractivity contribution in [2.24, 2.45) is 0 Å². The molecule has 36 heavy (non-hydrogen) atoms. The Morgan fingerprint density at radius 3 is 2.69 bits per heavy atom. The Bertz CT molecular complexity index is 1340. The van der Waals surface area contributed by atoms with E-state index in [2.05, 4.69) is 26.3 Å². The van der Waals surface area contributed by atoms with E-state index in [9.17, 15) is 9.59 Å². The summed E-state index contributed by atoms with van der Waals surface area (Å²) in [4.78, 5) is 37.5. The minimum atomic E-state index is -0.142. The predicted octanol–water partition coefficient (Wildman–Crippen LogP) is 2.48. The van der Waals surface area contributed by atoms with Gasteiger partial charge in [0.05, 0.1) is 35.6 Å². The van der Waals surface area contributed by atoms with Crippen LogP contribution >= 0.6 is 36.6 Å². The molecular weight excluding hydrogens is 523 g/mol. The molecule has 3 aliphatic rings. The Labute approximate surface area is 225 Å². The molecule has 0 unspecified atom stereocenters. The first-order chi connectivity index (χ1) is 16.7. The van der Waals surface area contributed by atoms with Crippen molar-refractivity contribution in [3.8, 4) is 5.75 Å². The zero-order chi connectivity index (χ0) is 23.1. The Morgan fingerprint density at radius 2 is 1.86 bits per heavy atom. The fraction of sp³-hybridized carbons (Fsp3) is 0.500. The number of hydrogen-bond donors (Lipinski definition) is 1. The number of fused-ring (bicyclic) bond motifs is 1. The summed E-state index contributed by atoms with van der Waals surface area (Å²) in [5.41, 5.74) is 2.21. The molecule has 1 saturated heterocycles. The topological polar surface area (TPSA) is 94.3 Å². The molecule has 0 aliphatic carbocycles. The summed E-state index contributed by atoms with van der Waals surface area (Å²) in [6.07, 6.45) is 6.09. The van der Waals surface area contributed by atoms with Crippen LogP contribution in [-0.4, -0.2) is 62.0 Å². The summed E-state index contributed by atoms with van der Waals surface area (Å²) in [7, 11) is 0. The number of aromatic nitrogens is 4. The summed E-state index contributed by atoms with van der Waals surface area (Å²) in [6, 6.07) is 5.94. The Hall–Kier alpha value is -2.11. The maximum absolute atomic E-state index is 12.8. The second kappa shape index (κ2) is 11.5. The lowest BCUT2D eigenvalue weighted by molar-refractivity contribution is 0.163. The predicted molar refractivity (Wildman–Crippen MR) is 145 cm³/mol. The van der Waals surface area contributed by atoms with Gasteiger partial charge in [0.25, 0.3) is 11.1 Å². The van der Waals surface area contributed by atoms with Gasteiger partial charge in [-0.15, -0.1) is 36.6 Å². The van der Waals surface area contributed by atoms with Crippen molar-refractivity contribution in [3.63, 3.8) is 0 Å². The molecule has 6 heterocycles. The second-order valence-corrected chi connectivity index (χ2v) is 10.4. The third-order valence-corrected chi connectivity index (χ3v) is 8.08.